The van der Waals surface area contributed by atoms with Gasteiger partial charge in [-0.3, -0.25) is 9.59 Å². The van der Waals surface area contributed by atoms with E-state index in [-0.39, 0.29) is 37.0 Å². The molecule has 8 nitrogen and oxygen atoms in total. The lowest BCUT2D eigenvalue weighted by Crippen LogP contribution is -2.49. The van der Waals surface area contributed by atoms with Crippen LogP contribution in [0.2, 0.25) is 0 Å². The molecule has 0 spiro atoms. The number of hydrogen-bond acceptors (Lipinski definition) is 6. The van der Waals surface area contributed by atoms with Crippen molar-refractivity contribution in [3.8, 4) is 0 Å². The number of nitrogens with zero attached hydrogens (tertiary/aromatic N) is 2. The van der Waals surface area contributed by atoms with Gasteiger partial charge in [0.1, 0.15) is 12.6 Å². The molecule has 2 unspecified atom stereocenters. The van der Waals surface area contributed by atoms with Gasteiger partial charge in [-0.15, -0.1) is 0 Å². The second kappa shape index (κ2) is 9.23. The van der Waals surface area contributed by atoms with E-state index in [1.165, 1.54) is 10.5 Å². The molecule has 2 N–H and O–H groups in total. The van der Waals surface area contributed by atoms with E-state index in [4.69, 9.17) is 4.74 Å². The maximum Gasteiger partial charge on any atom is 0.338 e. The number of nitrogens with one attached hydrogen (secondary N) is 2. The fourth-order valence-electron chi connectivity index (χ4n) is 3.88. The minimum atomic E-state index is -0.449. The number of esters is 1. The van der Waals surface area contributed by atoms with Crippen LogP contribution in [0.3, 0.4) is 0 Å². The molecule has 0 aromatic heterocycles. The van der Waals surface area contributed by atoms with Gasteiger partial charge in [-0.25, -0.2) is 10.2 Å². The maximum atomic E-state index is 13.0. The summed E-state index contributed by atoms with van der Waals surface area (Å²) in [7, 11) is 0. The number of carbonyl (C=O) groups is 3. The largest absolute Gasteiger partial charge is 0.462 e. The highest BCUT2D eigenvalue weighted by molar-refractivity contribution is 5.97. The van der Waals surface area contributed by atoms with Crippen molar-refractivity contribution in [3.05, 3.63) is 77.6 Å². The SMILES string of the molecule is CCOC(=O)c1cccc(NC(=O)CN2C=CN3NC(c4ccc(C)cc4)CC3C2=O)c1. The van der Waals surface area contributed by atoms with Crippen molar-refractivity contribution in [1.29, 1.82) is 0 Å². The van der Waals surface area contributed by atoms with E-state index < -0.39 is 5.97 Å². The molecule has 2 aliphatic heterocycles. The lowest BCUT2D eigenvalue weighted by molar-refractivity contribution is -0.137. The van der Waals surface area contributed by atoms with Crippen molar-refractivity contribution in [2.24, 2.45) is 0 Å². The van der Waals surface area contributed by atoms with E-state index >= 15 is 0 Å². The zero-order valence-corrected chi connectivity index (χ0v) is 18.1. The van der Waals surface area contributed by atoms with Crippen LogP contribution in [0.25, 0.3) is 0 Å². The number of hydrazine groups is 1. The summed E-state index contributed by atoms with van der Waals surface area (Å²) < 4.78 is 4.99. The van der Waals surface area contributed by atoms with E-state index in [0.29, 0.717) is 17.7 Å². The van der Waals surface area contributed by atoms with Crippen LogP contribution in [-0.4, -0.2) is 46.9 Å². The highest BCUT2D eigenvalue weighted by atomic mass is 16.5. The Labute approximate surface area is 186 Å². The molecule has 2 aromatic rings. The third kappa shape index (κ3) is 4.65. The minimum absolute atomic E-state index is 0.0357. The quantitative estimate of drug-likeness (QED) is 0.680. The van der Waals surface area contributed by atoms with Gasteiger partial charge in [0, 0.05) is 18.1 Å². The molecule has 1 fully saturated rings. The summed E-state index contributed by atoms with van der Waals surface area (Å²) in [5, 5.41) is 4.55. The van der Waals surface area contributed by atoms with E-state index in [2.05, 4.69) is 35.0 Å². The molecule has 2 heterocycles. The molecule has 2 aromatic carbocycles. The number of carbonyl (C=O) groups excluding carboxylic acids is 3. The lowest BCUT2D eigenvalue weighted by Gasteiger charge is -2.31. The molecule has 0 saturated carbocycles. The first-order chi connectivity index (χ1) is 15.4. The van der Waals surface area contributed by atoms with Gasteiger partial charge in [0.2, 0.25) is 5.91 Å². The van der Waals surface area contributed by atoms with Crippen molar-refractivity contribution in [1.82, 2.24) is 15.3 Å². The summed E-state index contributed by atoms with van der Waals surface area (Å²) in [6.45, 7) is 3.93. The predicted octanol–water partition coefficient (Wildman–Crippen LogP) is 2.74. The van der Waals surface area contributed by atoms with Crippen LogP contribution in [0.15, 0.2) is 60.9 Å². The number of hydrogen-bond donors (Lipinski definition) is 2. The molecule has 32 heavy (non-hydrogen) atoms. The third-order valence-corrected chi connectivity index (χ3v) is 5.53. The molecule has 2 amide bonds. The van der Waals surface area contributed by atoms with Crippen LogP contribution in [0, 0.1) is 6.92 Å². The number of amides is 2. The number of rotatable bonds is 6. The summed E-state index contributed by atoms with van der Waals surface area (Å²) in [5.74, 6) is -0.932. The van der Waals surface area contributed by atoms with Crippen molar-refractivity contribution in [2.45, 2.75) is 32.4 Å². The standard InChI is InChI=1S/C24H26N4O4/c1-3-32-24(31)18-5-4-6-19(13-18)25-22(29)15-27-11-12-28-21(23(27)30)14-20(26-28)17-9-7-16(2)8-10-17/h4-13,20-21,26H,3,14-15H2,1-2H3,(H,25,29). The summed E-state index contributed by atoms with van der Waals surface area (Å²) in [5.41, 5.74) is 6.49. The van der Waals surface area contributed by atoms with Gasteiger partial charge in [0.15, 0.2) is 0 Å². The fraction of sp³-hybridized carbons (Fsp3) is 0.292. The predicted molar refractivity (Wildman–Crippen MR) is 119 cm³/mol. The van der Waals surface area contributed by atoms with E-state index in [1.54, 1.807) is 43.6 Å². The average Bonchev–Trinajstić information content (AvgIpc) is 3.22. The number of fused-ring (bicyclic) bond motifs is 1. The highest BCUT2D eigenvalue weighted by Crippen LogP contribution is 2.30. The van der Waals surface area contributed by atoms with Gasteiger partial charge in [-0.1, -0.05) is 35.9 Å². The average molecular weight is 434 g/mol. The first-order valence-corrected chi connectivity index (χ1v) is 10.6. The molecule has 2 atom stereocenters. The van der Waals surface area contributed by atoms with Crippen LogP contribution in [0.4, 0.5) is 5.69 Å². The van der Waals surface area contributed by atoms with Crippen molar-refractivity contribution < 1.29 is 19.1 Å². The van der Waals surface area contributed by atoms with E-state index in [0.717, 1.165) is 5.56 Å². The number of aryl methyl sites for hydroxylation is 1. The first kappa shape index (κ1) is 21.6. The molecule has 1 saturated heterocycles. The van der Waals surface area contributed by atoms with Crippen LogP contribution >= 0.6 is 0 Å². The molecule has 4 rings (SSSR count). The second-order valence-electron chi connectivity index (χ2n) is 7.86. The van der Waals surface area contributed by atoms with Gasteiger partial charge in [0.25, 0.3) is 5.91 Å². The van der Waals surface area contributed by atoms with Crippen LogP contribution < -0.4 is 10.7 Å². The smallest absolute Gasteiger partial charge is 0.338 e. The van der Waals surface area contributed by atoms with E-state index in [9.17, 15) is 14.4 Å². The van der Waals surface area contributed by atoms with Gasteiger partial charge in [-0.2, -0.15) is 0 Å². The van der Waals surface area contributed by atoms with Crippen molar-refractivity contribution >= 4 is 23.5 Å². The van der Waals surface area contributed by atoms with E-state index in [1.807, 2.05) is 11.9 Å². The maximum absolute atomic E-state index is 13.0. The molecular weight excluding hydrogens is 408 g/mol. The Kier molecular flexibility index (Phi) is 6.23. The Bertz CT molecular complexity index is 1050. The Morgan fingerprint density at radius 2 is 1.94 bits per heavy atom. The minimum Gasteiger partial charge on any atom is -0.462 e. The number of benzene rings is 2. The normalized spacial score (nSPS) is 19.6. The Hall–Kier alpha value is -3.65. The zero-order chi connectivity index (χ0) is 22.7. The Morgan fingerprint density at radius 3 is 2.69 bits per heavy atom. The molecule has 166 valence electrons. The fourth-order valence-corrected chi connectivity index (χ4v) is 3.88. The molecule has 0 aliphatic carbocycles. The van der Waals surface area contributed by atoms with Crippen molar-refractivity contribution in [2.75, 3.05) is 18.5 Å². The molecular formula is C24H26N4O4. The van der Waals surface area contributed by atoms with Crippen LogP contribution in [0.1, 0.15) is 40.9 Å². The van der Waals surface area contributed by atoms with Crippen LogP contribution in [-0.2, 0) is 14.3 Å². The highest BCUT2D eigenvalue weighted by Gasteiger charge is 2.40. The third-order valence-electron chi connectivity index (χ3n) is 5.53. The molecule has 0 radical (unpaired) electrons. The summed E-state index contributed by atoms with van der Waals surface area (Å²) in [6, 6.07) is 14.4. The topological polar surface area (TPSA) is 91.0 Å². The summed E-state index contributed by atoms with van der Waals surface area (Å²) in [4.78, 5) is 38.9. The summed E-state index contributed by atoms with van der Waals surface area (Å²) >= 11 is 0. The Balaban J connectivity index is 1.37. The number of anilines is 1. The van der Waals surface area contributed by atoms with Crippen molar-refractivity contribution in [3.63, 3.8) is 0 Å². The lowest BCUT2D eigenvalue weighted by atomic mass is 10.00. The second-order valence-corrected chi connectivity index (χ2v) is 7.86. The zero-order valence-electron chi connectivity index (χ0n) is 18.1. The van der Waals surface area contributed by atoms with Gasteiger partial charge < -0.3 is 20.0 Å². The molecule has 2 aliphatic rings. The van der Waals surface area contributed by atoms with Gasteiger partial charge in [-0.05, 0) is 44.0 Å². The Morgan fingerprint density at radius 1 is 1.16 bits per heavy atom. The van der Waals surface area contributed by atoms with Crippen LogP contribution in [0.5, 0.6) is 0 Å². The van der Waals surface area contributed by atoms with Gasteiger partial charge in [0.05, 0.1) is 18.2 Å². The monoisotopic (exact) mass is 434 g/mol. The first-order valence-electron chi connectivity index (χ1n) is 10.6. The summed E-state index contributed by atoms with van der Waals surface area (Å²) in [6.07, 6.45) is 4.01. The molecule has 8 heteroatoms. The molecule has 0 bridgehead atoms. The number of ether oxygens (including phenoxy) is 1. The van der Waals surface area contributed by atoms with Gasteiger partial charge >= 0.3 is 5.97 Å².